The van der Waals surface area contributed by atoms with Gasteiger partial charge in [-0.3, -0.25) is 19.2 Å². The third-order valence-electron chi connectivity index (χ3n) is 5.90. The number of amides is 2. The van der Waals surface area contributed by atoms with Gasteiger partial charge in [0, 0.05) is 23.3 Å². The predicted octanol–water partition coefficient (Wildman–Crippen LogP) is 3.76. The Kier molecular flexibility index (Phi) is 6.43. The summed E-state index contributed by atoms with van der Waals surface area (Å²) in [5.74, 6) is -1.45. The molecule has 9 heteroatoms. The van der Waals surface area contributed by atoms with Gasteiger partial charge in [-0.1, -0.05) is 48.0 Å². The molecule has 1 atom stereocenters. The summed E-state index contributed by atoms with van der Waals surface area (Å²) in [7, 11) is 0. The molecule has 3 aromatic rings. The highest BCUT2D eigenvalue weighted by molar-refractivity contribution is 6.32. The van der Waals surface area contributed by atoms with Crippen LogP contribution < -0.4 is 10.2 Å². The van der Waals surface area contributed by atoms with Crippen molar-refractivity contribution in [3.63, 3.8) is 0 Å². The molecule has 2 aromatic carbocycles. The van der Waals surface area contributed by atoms with Crippen LogP contribution in [0.4, 0.5) is 5.69 Å². The third kappa shape index (κ3) is 4.17. The van der Waals surface area contributed by atoms with E-state index in [1.165, 1.54) is 15.6 Å². The second kappa shape index (κ2) is 9.30. The number of aromatic nitrogens is 2. The van der Waals surface area contributed by atoms with Crippen molar-refractivity contribution in [2.45, 2.75) is 39.4 Å². The number of rotatable bonds is 6. The van der Waals surface area contributed by atoms with Gasteiger partial charge in [0.15, 0.2) is 5.69 Å². The fraction of sp³-hybridized carbons (Fsp3) is 0.280. The molecular weight excluding hydrogens is 456 g/mol. The molecule has 1 N–H and O–H groups in total. The van der Waals surface area contributed by atoms with Gasteiger partial charge in [0.05, 0.1) is 13.2 Å². The highest BCUT2D eigenvalue weighted by Crippen LogP contribution is 2.36. The molecule has 2 amide bonds. The number of hydrogen-bond acceptors (Lipinski definition) is 5. The maximum atomic E-state index is 13.8. The molecule has 8 nitrogen and oxygen atoms in total. The highest BCUT2D eigenvalue weighted by atomic mass is 35.5. The van der Waals surface area contributed by atoms with Gasteiger partial charge < -0.3 is 10.1 Å². The summed E-state index contributed by atoms with van der Waals surface area (Å²) >= 11 is 6.36. The number of benzene rings is 2. The molecule has 1 aliphatic heterocycles. The van der Waals surface area contributed by atoms with Gasteiger partial charge in [-0.2, -0.15) is 5.10 Å². The molecule has 0 radical (unpaired) electrons. The van der Waals surface area contributed by atoms with Gasteiger partial charge in [0.1, 0.15) is 11.2 Å². The van der Waals surface area contributed by atoms with Crippen molar-refractivity contribution in [1.29, 1.82) is 0 Å². The zero-order valence-corrected chi connectivity index (χ0v) is 19.9. The highest BCUT2D eigenvalue weighted by Gasteiger charge is 2.49. The van der Waals surface area contributed by atoms with Crippen molar-refractivity contribution in [2.24, 2.45) is 0 Å². The number of fused-ring (bicyclic) bond motifs is 1. The SMILES string of the molecule is CCOC(=O)c1cc2n(n1)C[C@](C)(C(=O)NCc1ccccc1)N(c1cccc(Cl)c1C)C2=O. The predicted molar refractivity (Wildman–Crippen MR) is 128 cm³/mol. The lowest BCUT2D eigenvalue weighted by Crippen LogP contribution is -2.64. The minimum Gasteiger partial charge on any atom is -0.461 e. The average Bonchev–Trinajstić information content (AvgIpc) is 3.25. The van der Waals surface area contributed by atoms with Crippen LogP contribution in [-0.4, -0.2) is 39.7 Å². The maximum absolute atomic E-state index is 13.8. The quantitative estimate of drug-likeness (QED) is 0.542. The zero-order valence-electron chi connectivity index (χ0n) is 19.2. The number of nitrogens with zero attached hydrogens (tertiary/aromatic N) is 3. The Labute approximate surface area is 202 Å². The Bertz CT molecular complexity index is 1260. The molecule has 0 unspecified atom stereocenters. The Hall–Kier alpha value is -3.65. The van der Waals surface area contributed by atoms with Crippen LogP contribution in [0.25, 0.3) is 0 Å². The van der Waals surface area contributed by atoms with Crippen LogP contribution >= 0.6 is 11.6 Å². The fourth-order valence-corrected chi connectivity index (χ4v) is 4.24. The molecule has 4 rings (SSSR count). The van der Waals surface area contributed by atoms with Crippen molar-refractivity contribution in [2.75, 3.05) is 11.5 Å². The summed E-state index contributed by atoms with van der Waals surface area (Å²) in [4.78, 5) is 41.1. The third-order valence-corrected chi connectivity index (χ3v) is 6.31. The first-order chi connectivity index (χ1) is 16.3. The second-order valence-corrected chi connectivity index (χ2v) is 8.67. The lowest BCUT2D eigenvalue weighted by molar-refractivity contribution is -0.126. The molecule has 0 bridgehead atoms. The van der Waals surface area contributed by atoms with Gasteiger partial charge in [-0.05, 0) is 44.0 Å². The van der Waals surface area contributed by atoms with Crippen LogP contribution in [0.3, 0.4) is 0 Å². The Morgan fingerprint density at radius 1 is 1.18 bits per heavy atom. The number of nitrogens with one attached hydrogen (secondary N) is 1. The van der Waals surface area contributed by atoms with Gasteiger partial charge in [-0.15, -0.1) is 0 Å². The number of carbonyl (C=O) groups excluding carboxylic acids is 3. The lowest BCUT2D eigenvalue weighted by Gasteiger charge is -2.43. The normalized spacial score (nSPS) is 17.3. The largest absolute Gasteiger partial charge is 0.461 e. The minimum atomic E-state index is -1.34. The van der Waals surface area contributed by atoms with Crippen LogP contribution in [0.15, 0.2) is 54.6 Å². The molecule has 0 aliphatic carbocycles. The van der Waals surface area contributed by atoms with Crippen molar-refractivity contribution in [3.05, 3.63) is 82.1 Å². The molecule has 0 saturated carbocycles. The fourth-order valence-electron chi connectivity index (χ4n) is 4.07. The lowest BCUT2D eigenvalue weighted by atomic mass is 9.93. The summed E-state index contributed by atoms with van der Waals surface area (Å²) in [5.41, 5.74) is 0.971. The number of hydrogen-bond donors (Lipinski definition) is 1. The number of ether oxygens (including phenoxy) is 1. The van der Waals surface area contributed by atoms with E-state index in [1.54, 1.807) is 39.0 Å². The first-order valence-electron chi connectivity index (χ1n) is 10.9. The summed E-state index contributed by atoms with van der Waals surface area (Å²) in [6.45, 7) is 5.69. The topological polar surface area (TPSA) is 93.5 Å². The smallest absolute Gasteiger partial charge is 0.358 e. The van der Waals surface area contributed by atoms with Crippen LogP contribution in [0, 0.1) is 6.92 Å². The number of carbonyl (C=O) groups is 3. The number of esters is 1. The molecule has 1 aliphatic rings. The van der Waals surface area contributed by atoms with E-state index in [0.717, 1.165) is 5.56 Å². The van der Waals surface area contributed by atoms with Crippen molar-refractivity contribution >= 4 is 35.1 Å². The minimum absolute atomic E-state index is 0.0157. The van der Waals surface area contributed by atoms with E-state index in [4.69, 9.17) is 16.3 Å². The zero-order chi connectivity index (χ0) is 24.5. The van der Waals surface area contributed by atoms with Crippen molar-refractivity contribution in [1.82, 2.24) is 15.1 Å². The number of halogens is 1. The second-order valence-electron chi connectivity index (χ2n) is 8.26. The summed E-state index contributed by atoms with van der Waals surface area (Å²) in [6.07, 6.45) is 0. The van der Waals surface area contributed by atoms with E-state index in [1.807, 2.05) is 30.3 Å². The van der Waals surface area contributed by atoms with E-state index in [2.05, 4.69) is 10.4 Å². The average molecular weight is 481 g/mol. The van der Waals surface area contributed by atoms with E-state index in [9.17, 15) is 14.4 Å². The first-order valence-corrected chi connectivity index (χ1v) is 11.3. The van der Waals surface area contributed by atoms with E-state index >= 15 is 0 Å². The van der Waals surface area contributed by atoms with Gasteiger partial charge in [0.25, 0.3) is 5.91 Å². The Balaban J connectivity index is 1.77. The maximum Gasteiger partial charge on any atom is 0.358 e. The molecule has 34 heavy (non-hydrogen) atoms. The molecule has 0 saturated heterocycles. The monoisotopic (exact) mass is 480 g/mol. The van der Waals surface area contributed by atoms with Gasteiger partial charge in [-0.25, -0.2) is 4.79 Å². The molecule has 2 heterocycles. The molecule has 176 valence electrons. The Morgan fingerprint density at radius 3 is 2.62 bits per heavy atom. The summed E-state index contributed by atoms with van der Waals surface area (Å²) < 4.78 is 6.43. The summed E-state index contributed by atoms with van der Waals surface area (Å²) in [5, 5.41) is 7.69. The summed E-state index contributed by atoms with van der Waals surface area (Å²) in [6, 6.07) is 16.1. The van der Waals surface area contributed by atoms with Crippen molar-refractivity contribution < 1.29 is 19.1 Å². The first kappa shape index (κ1) is 23.5. The Morgan fingerprint density at radius 2 is 1.91 bits per heavy atom. The van der Waals surface area contributed by atoms with Gasteiger partial charge >= 0.3 is 5.97 Å². The number of anilines is 1. The van der Waals surface area contributed by atoms with Crippen LogP contribution in [0.2, 0.25) is 5.02 Å². The van der Waals surface area contributed by atoms with Crippen LogP contribution in [-0.2, 0) is 22.6 Å². The molecular formula is C25H25ClN4O4. The molecule has 1 aromatic heterocycles. The van der Waals surface area contributed by atoms with Crippen molar-refractivity contribution in [3.8, 4) is 0 Å². The van der Waals surface area contributed by atoms with E-state index in [-0.39, 0.29) is 30.4 Å². The van der Waals surface area contributed by atoms with Crippen LogP contribution in [0.5, 0.6) is 0 Å². The van der Waals surface area contributed by atoms with E-state index in [0.29, 0.717) is 22.8 Å². The standard InChI is InChI=1S/C25H25ClN4O4/c1-4-34-23(32)19-13-21-22(31)30(20-12-8-11-18(26)16(20)2)25(3,15-29(21)28-19)24(33)27-14-17-9-6-5-7-10-17/h5-13H,4,14-15H2,1-3H3,(H,27,33)/t25-/m1/s1. The van der Waals surface area contributed by atoms with E-state index < -0.39 is 17.4 Å². The van der Waals surface area contributed by atoms with Crippen LogP contribution in [0.1, 0.15) is 46.0 Å². The molecule has 0 spiro atoms. The van der Waals surface area contributed by atoms with Gasteiger partial charge in [0.2, 0.25) is 5.91 Å². The molecule has 0 fully saturated rings.